The summed E-state index contributed by atoms with van der Waals surface area (Å²) in [7, 11) is 2.05. The Bertz CT molecular complexity index is 348. The summed E-state index contributed by atoms with van der Waals surface area (Å²) < 4.78 is 2.10. The Labute approximate surface area is 85.5 Å². The van der Waals surface area contributed by atoms with Gasteiger partial charge in [-0.15, -0.1) is 0 Å². The molecule has 1 N–H and O–H groups in total. The van der Waals surface area contributed by atoms with Crippen LogP contribution in [-0.2, 0) is 12.1 Å². The fraction of sp³-hybridized carbons (Fsp3) is 0.727. The molecule has 1 aliphatic rings. The van der Waals surface area contributed by atoms with Crippen molar-refractivity contribution < 1.29 is 0 Å². The van der Waals surface area contributed by atoms with E-state index in [0.29, 0.717) is 0 Å². The van der Waals surface area contributed by atoms with E-state index in [1.165, 1.54) is 29.8 Å². The molecule has 0 aromatic carbocycles. The first kappa shape index (κ1) is 9.71. The van der Waals surface area contributed by atoms with Crippen LogP contribution in [0.2, 0.25) is 0 Å². The minimum absolute atomic E-state index is 0.252. The fourth-order valence-electron chi connectivity index (χ4n) is 2.45. The van der Waals surface area contributed by atoms with E-state index in [9.17, 15) is 0 Å². The van der Waals surface area contributed by atoms with Gasteiger partial charge in [-0.25, -0.2) is 0 Å². The zero-order valence-corrected chi connectivity index (χ0v) is 9.52. The molecule has 0 amide bonds. The van der Waals surface area contributed by atoms with Crippen LogP contribution in [0.5, 0.6) is 0 Å². The number of aromatic nitrogens is 2. The second-order valence-electron chi connectivity index (χ2n) is 4.19. The van der Waals surface area contributed by atoms with Crippen LogP contribution >= 0.6 is 0 Å². The molecule has 3 nitrogen and oxygen atoms in total. The molecule has 0 saturated heterocycles. The van der Waals surface area contributed by atoms with Gasteiger partial charge in [0.25, 0.3) is 0 Å². The van der Waals surface area contributed by atoms with Crippen molar-refractivity contribution in [2.24, 2.45) is 0 Å². The molecule has 0 aliphatic heterocycles. The molecule has 78 valence electrons. The maximum absolute atomic E-state index is 4.56. The molecule has 14 heavy (non-hydrogen) atoms. The van der Waals surface area contributed by atoms with Crippen LogP contribution in [0.3, 0.4) is 0 Å². The molecule has 1 fully saturated rings. The zero-order chi connectivity index (χ0) is 10.3. The first-order chi connectivity index (χ1) is 6.64. The van der Waals surface area contributed by atoms with Gasteiger partial charge in [0.2, 0.25) is 0 Å². The normalized spacial score (nSPS) is 18.6. The van der Waals surface area contributed by atoms with Gasteiger partial charge in [0.1, 0.15) is 0 Å². The second-order valence-corrected chi connectivity index (χ2v) is 4.19. The maximum atomic E-state index is 4.56. The Kier molecular flexibility index (Phi) is 2.14. The van der Waals surface area contributed by atoms with Crippen molar-refractivity contribution in [1.82, 2.24) is 15.1 Å². The average molecular weight is 193 g/mol. The third-order valence-corrected chi connectivity index (χ3v) is 3.39. The predicted molar refractivity (Wildman–Crippen MR) is 57.3 cm³/mol. The minimum atomic E-state index is 0.252. The van der Waals surface area contributed by atoms with Crippen molar-refractivity contribution in [1.29, 1.82) is 0 Å². The summed E-state index contributed by atoms with van der Waals surface area (Å²) >= 11 is 0. The van der Waals surface area contributed by atoms with Crippen molar-refractivity contribution in [3.8, 4) is 0 Å². The summed E-state index contributed by atoms with van der Waals surface area (Å²) in [6.45, 7) is 7.40. The molecule has 0 bridgehead atoms. The standard InChI is InChI=1S/C11H19N3/c1-5-14-9(3)10(8(2)13-14)11(12-4)6-7-11/h12H,5-7H2,1-4H3. The third-order valence-electron chi connectivity index (χ3n) is 3.39. The smallest absolute Gasteiger partial charge is 0.0647 e. The predicted octanol–water partition coefficient (Wildman–Crippen LogP) is 1.73. The number of aryl methyl sites for hydroxylation is 2. The van der Waals surface area contributed by atoms with Crippen LogP contribution in [0.4, 0.5) is 0 Å². The molecular weight excluding hydrogens is 174 g/mol. The van der Waals surface area contributed by atoms with Gasteiger partial charge in [0.05, 0.1) is 5.69 Å². The lowest BCUT2D eigenvalue weighted by Crippen LogP contribution is -2.25. The van der Waals surface area contributed by atoms with Crippen LogP contribution in [0, 0.1) is 13.8 Å². The third kappa shape index (κ3) is 1.19. The van der Waals surface area contributed by atoms with Gasteiger partial charge in [0, 0.05) is 23.3 Å². The van der Waals surface area contributed by atoms with E-state index in [1.807, 2.05) is 0 Å². The van der Waals surface area contributed by atoms with Crippen molar-refractivity contribution in [3.63, 3.8) is 0 Å². The lowest BCUT2D eigenvalue weighted by Gasteiger charge is -2.14. The number of hydrogen-bond acceptors (Lipinski definition) is 2. The Balaban J connectivity index is 2.47. The van der Waals surface area contributed by atoms with Gasteiger partial charge in [-0.05, 0) is 40.7 Å². The van der Waals surface area contributed by atoms with Crippen molar-refractivity contribution in [2.45, 2.75) is 45.7 Å². The van der Waals surface area contributed by atoms with Gasteiger partial charge < -0.3 is 5.32 Å². The van der Waals surface area contributed by atoms with Gasteiger partial charge in [-0.2, -0.15) is 5.10 Å². The van der Waals surface area contributed by atoms with E-state index in [1.54, 1.807) is 0 Å². The zero-order valence-electron chi connectivity index (χ0n) is 9.52. The molecule has 1 aromatic rings. The van der Waals surface area contributed by atoms with Crippen molar-refractivity contribution in [2.75, 3.05) is 7.05 Å². The SMILES string of the molecule is CCn1nc(C)c(C2(NC)CC2)c1C. The van der Waals surface area contributed by atoms with E-state index >= 15 is 0 Å². The van der Waals surface area contributed by atoms with E-state index < -0.39 is 0 Å². The summed E-state index contributed by atoms with van der Waals surface area (Å²) in [5, 5.41) is 7.99. The quantitative estimate of drug-likeness (QED) is 0.792. The van der Waals surface area contributed by atoms with E-state index in [-0.39, 0.29) is 5.54 Å². The number of nitrogens with zero attached hydrogens (tertiary/aromatic N) is 2. The number of hydrogen-bond donors (Lipinski definition) is 1. The first-order valence-electron chi connectivity index (χ1n) is 5.38. The molecule has 3 heteroatoms. The lowest BCUT2D eigenvalue weighted by atomic mass is 10.0. The molecule has 2 rings (SSSR count). The molecule has 1 aromatic heterocycles. The number of rotatable bonds is 3. The summed E-state index contributed by atoms with van der Waals surface area (Å²) in [6, 6.07) is 0. The van der Waals surface area contributed by atoms with Gasteiger partial charge >= 0.3 is 0 Å². The second kappa shape index (κ2) is 3.09. The highest BCUT2D eigenvalue weighted by atomic mass is 15.3. The lowest BCUT2D eigenvalue weighted by molar-refractivity contribution is 0.573. The summed E-state index contributed by atoms with van der Waals surface area (Å²) in [4.78, 5) is 0. The highest BCUT2D eigenvalue weighted by Crippen LogP contribution is 2.47. The highest BCUT2D eigenvalue weighted by Gasteiger charge is 2.46. The Morgan fingerprint density at radius 2 is 2.07 bits per heavy atom. The molecule has 0 atom stereocenters. The molecule has 0 unspecified atom stereocenters. The molecule has 1 heterocycles. The topological polar surface area (TPSA) is 29.9 Å². The molecule has 0 spiro atoms. The number of nitrogens with one attached hydrogen (secondary N) is 1. The summed E-state index contributed by atoms with van der Waals surface area (Å²) in [5.74, 6) is 0. The van der Waals surface area contributed by atoms with E-state index in [2.05, 4.69) is 42.9 Å². The van der Waals surface area contributed by atoms with Gasteiger partial charge in [-0.3, -0.25) is 4.68 Å². The Morgan fingerprint density at radius 3 is 2.43 bits per heavy atom. The van der Waals surface area contributed by atoms with Crippen LogP contribution in [0.1, 0.15) is 36.7 Å². The molecular formula is C11H19N3. The average Bonchev–Trinajstić information content (AvgIpc) is 2.90. The molecule has 0 radical (unpaired) electrons. The Morgan fingerprint density at radius 1 is 1.43 bits per heavy atom. The van der Waals surface area contributed by atoms with Crippen LogP contribution in [0.15, 0.2) is 0 Å². The fourth-order valence-corrected chi connectivity index (χ4v) is 2.45. The van der Waals surface area contributed by atoms with E-state index in [4.69, 9.17) is 0 Å². The minimum Gasteiger partial charge on any atom is -0.310 e. The van der Waals surface area contributed by atoms with Crippen LogP contribution < -0.4 is 5.32 Å². The van der Waals surface area contributed by atoms with Crippen molar-refractivity contribution in [3.05, 3.63) is 17.0 Å². The highest BCUT2D eigenvalue weighted by molar-refractivity contribution is 5.37. The molecule has 1 aliphatic carbocycles. The maximum Gasteiger partial charge on any atom is 0.0647 e. The monoisotopic (exact) mass is 193 g/mol. The molecule has 1 saturated carbocycles. The van der Waals surface area contributed by atoms with Gasteiger partial charge in [-0.1, -0.05) is 0 Å². The van der Waals surface area contributed by atoms with Crippen LogP contribution in [-0.4, -0.2) is 16.8 Å². The van der Waals surface area contributed by atoms with Gasteiger partial charge in [0.15, 0.2) is 0 Å². The Hall–Kier alpha value is -0.830. The first-order valence-corrected chi connectivity index (χ1v) is 5.38. The van der Waals surface area contributed by atoms with Crippen molar-refractivity contribution >= 4 is 0 Å². The van der Waals surface area contributed by atoms with Crippen LogP contribution in [0.25, 0.3) is 0 Å². The summed E-state index contributed by atoms with van der Waals surface area (Å²) in [6.07, 6.45) is 2.50. The summed E-state index contributed by atoms with van der Waals surface area (Å²) in [5.41, 5.74) is 4.21. The largest absolute Gasteiger partial charge is 0.310 e. The van der Waals surface area contributed by atoms with E-state index in [0.717, 1.165) is 6.54 Å².